The predicted molar refractivity (Wildman–Crippen MR) is 104 cm³/mol. The van der Waals surface area contributed by atoms with Gasteiger partial charge in [0.05, 0.1) is 17.7 Å². The van der Waals surface area contributed by atoms with E-state index in [1.165, 1.54) is 23.6 Å². The van der Waals surface area contributed by atoms with E-state index in [4.69, 9.17) is 5.73 Å². The first kappa shape index (κ1) is 19.2. The number of aromatic nitrogens is 1. The summed E-state index contributed by atoms with van der Waals surface area (Å²) in [5.74, 6) is -2.20. The number of hydrogen-bond donors (Lipinski definition) is 1. The molecule has 0 bridgehead atoms. The number of amides is 2. The molecule has 1 heterocycles. The third kappa shape index (κ3) is 3.63. The average Bonchev–Trinajstić information content (AvgIpc) is 3.36. The minimum atomic E-state index is -0.684. The second-order valence-corrected chi connectivity index (χ2v) is 7.72. The minimum Gasteiger partial charge on any atom is -0.366 e. The fourth-order valence-corrected chi connectivity index (χ4v) is 4.39. The van der Waals surface area contributed by atoms with E-state index in [1.807, 2.05) is 0 Å². The summed E-state index contributed by atoms with van der Waals surface area (Å²) in [5.41, 5.74) is 8.78. The van der Waals surface area contributed by atoms with Crippen molar-refractivity contribution in [3.8, 4) is 0 Å². The fraction of sp³-hybridized carbons (Fsp3) is 0.190. The van der Waals surface area contributed by atoms with Gasteiger partial charge in [0.15, 0.2) is 0 Å². The Kier molecular flexibility index (Phi) is 5.10. The van der Waals surface area contributed by atoms with E-state index in [-0.39, 0.29) is 12.5 Å². The maximum absolute atomic E-state index is 14.2. The van der Waals surface area contributed by atoms with Gasteiger partial charge in [0.1, 0.15) is 16.5 Å². The predicted octanol–water partition coefficient (Wildman–Crippen LogP) is 3.85. The molecule has 1 aromatic heterocycles. The molecule has 1 atom stereocenters. The smallest absolute Gasteiger partial charge is 0.266 e. The molecule has 2 amide bonds. The summed E-state index contributed by atoms with van der Waals surface area (Å²) in [6.45, 7) is 0.0814. The number of primary amides is 1. The van der Waals surface area contributed by atoms with E-state index < -0.39 is 23.6 Å². The summed E-state index contributed by atoms with van der Waals surface area (Å²) in [6, 6.07) is 8.37. The fourth-order valence-electron chi connectivity index (χ4n) is 3.81. The Morgan fingerprint density at radius 2 is 2.03 bits per heavy atom. The minimum absolute atomic E-state index is 0.0814. The quantitative estimate of drug-likeness (QED) is 0.690. The molecule has 0 spiro atoms. The summed E-state index contributed by atoms with van der Waals surface area (Å²) >= 11 is 1.18. The topological polar surface area (TPSA) is 76.3 Å². The summed E-state index contributed by atoms with van der Waals surface area (Å²) in [4.78, 5) is 31.0. The van der Waals surface area contributed by atoms with Crippen LogP contribution >= 0.6 is 11.3 Å². The van der Waals surface area contributed by atoms with E-state index in [0.29, 0.717) is 40.0 Å². The van der Waals surface area contributed by atoms with E-state index >= 15 is 0 Å². The van der Waals surface area contributed by atoms with Gasteiger partial charge < -0.3 is 10.6 Å². The van der Waals surface area contributed by atoms with Gasteiger partial charge in [-0.3, -0.25) is 14.6 Å². The molecule has 148 valence electrons. The van der Waals surface area contributed by atoms with Gasteiger partial charge in [0, 0.05) is 18.2 Å². The molecule has 2 N–H and O–H groups in total. The third-order valence-corrected chi connectivity index (χ3v) is 5.89. The summed E-state index contributed by atoms with van der Waals surface area (Å²) in [7, 11) is 0. The first-order valence-corrected chi connectivity index (χ1v) is 9.88. The molecule has 0 saturated heterocycles. The zero-order chi connectivity index (χ0) is 20.5. The highest BCUT2D eigenvalue weighted by molar-refractivity contribution is 7.11. The zero-order valence-electron chi connectivity index (χ0n) is 15.3. The van der Waals surface area contributed by atoms with E-state index in [1.54, 1.807) is 34.7 Å². The molecule has 4 rings (SSSR count). The number of hydrogen-bond acceptors (Lipinski definition) is 4. The summed E-state index contributed by atoms with van der Waals surface area (Å²) < 4.78 is 28.2. The van der Waals surface area contributed by atoms with Gasteiger partial charge >= 0.3 is 0 Å². The van der Waals surface area contributed by atoms with E-state index in [9.17, 15) is 18.4 Å². The number of thiazole rings is 1. The average molecular weight is 413 g/mol. The molecule has 29 heavy (non-hydrogen) atoms. The number of rotatable bonds is 5. The number of fused-ring (bicyclic) bond motifs is 1. The largest absolute Gasteiger partial charge is 0.366 e. The van der Waals surface area contributed by atoms with Gasteiger partial charge in [-0.25, -0.2) is 8.78 Å². The van der Waals surface area contributed by atoms with Crippen LogP contribution in [0.3, 0.4) is 0 Å². The highest BCUT2D eigenvalue weighted by Crippen LogP contribution is 2.39. The van der Waals surface area contributed by atoms with Crippen LogP contribution in [0.1, 0.15) is 49.2 Å². The Balaban J connectivity index is 1.78. The second kappa shape index (κ2) is 7.71. The molecule has 0 aliphatic heterocycles. The summed E-state index contributed by atoms with van der Waals surface area (Å²) in [6.07, 6.45) is 2.32. The van der Waals surface area contributed by atoms with Crippen molar-refractivity contribution < 1.29 is 18.4 Å². The van der Waals surface area contributed by atoms with Crippen LogP contribution in [-0.4, -0.2) is 21.7 Å². The summed E-state index contributed by atoms with van der Waals surface area (Å²) in [5, 5.41) is 0. The Labute approximate surface area is 169 Å². The highest BCUT2D eigenvalue weighted by atomic mass is 32.1. The number of nitrogens with two attached hydrogens (primary N) is 1. The Bertz CT molecular complexity index is 1090. The van der Waals surface area contributed by atoms with Crippen molar-refractivity contribution in [3.63, 3.8) is 0 Å². The van der Waals surface area contributed by atoms with E-state index in [0.717, 1.165) is 6.07 Å². The molecule has 5 nitrogen and oxygen atoms in total. The molecular weight excluding hydrogens is 396 g/mol. The third-order valence-electron chi connectivity index (χ3n) is 5.13. The molecule has 3 aromatic rings. The van der Waals surface area contributed by atoms with Crippen molar-refractivity contribution in [2.45, 2.75) is 25.4 Å². The van der Waals surface area contributed by atoms with Gasteiger partial charge in [-0.1, -0.05) is 18.2 Å². The lowest BCUT2D eigenvalue weighted by Crippen LogP contribution is -2.34. The van der Waals surface area contributed by atoms with Crippen molar-refractivity contribution >= 4 is 23.2 Å². The molecular formula is C21H17F2N3O2S. The molecule has 0 unspecified atom stereocenters. The van der Waals surface area contributed by atoms with Crippen molar-refractivity contribution in [1.82, 2.24) is 9.88 Å². The van der Waals surface area contributed by atoms with Crippen molar-refractivity contribution in [3.05, 3.63) is 86.9 Å². The number of nitrogens with zero attached hydrogens (tertiary/aromatic N) is 2. The Morgan fingerprint density at radius 3 is 2.76 bits per heavy atom. The van der Waals surface area contributed by atoms with Crippen LogP contribution in [0.4, 0.5) is 8.78 Å². The molecule has 0 saturated carbocycles. The van der Waals surface area contributed by atoms with Crippen LogP contribution in [0.5, 0.6) is 0 Å². The molecule has 0 fully saturated rings. The normalized spacial score (nSPS) is 15.2. The first-order valence-electron chi connectivity index (χ1n) is 9.00. The van der Waals surface area contributed by atoms with Crippen LogP contribution in [0, 0.1) is 11.6 Å². The molecule has 0 radical (unpaired) electrons. The van der Waals surface area contributed by atoms with Gasteiger partial charge in [0.2, 0.25) is 5.91 Å². The second-order valence-electron chi connectivity index (χ2n) is 6.83. The van der Waals surface area contributed by atoms with Crippen LogP contribution in [0.15, 0.2) is 48.1 Å². The van der Waals surface area contributed by atoms with Crippen LogP contribution in [0.25, 0.3) is 0 Å². The lowest BCUT2D eigenvalue weighted by molar-refractivity contribution is 0.0660. The van der Waals surface area contributed by atoms with Gasteiger partial charge in [0.25, 0.3) is 5.91 Å². The number of halogens is 2. The first-order chi connectivity index (χ1) is 14.0. The Morgan fingerprint density at radius 1 is 1.24 bits per heavy atom. The monoisotopic (exact) mass is 413 g/mol. The van der Waals surface area contributed by atoms with Gasteiger partial charge in [-0.15, -0.1) is 11.3 Å². The number of carbonyl (C=O) groups is 2. The van der Waals surface area contributed by atoms with Gasteiger partial charge in [-0.05, 0) is 41.7 Å². The lowest BCUT2D eigenvalue weighted by Gasteiger charge is -2.30. The number of carbonyl (C=O) groups excluding carboxylic acids is 2. The van der Waals surface area contributed by atoms with Crippen molar-refractivity contribution in [1.29, 1.82) is 0 Å². The van der Waals surface area contributed by atoms with Crippen LogP contribution in [0.2, 0.25) is 0 Å². The van der Waals surface area contributed by atoms with Crippen molar-refractivity contribution in [2.75, 3.05) is 0 Å². The molecule has 8 heteroatoms. The highest BCUT2D eigenvalue weighted by Gasteiger charge is 2.34. The van der Waals surface area contributed by atoms with E-state index in [2.05, 4.69) is 4.98 Å². The lowest BCUT2D eigenvalue weighted by atomic mass is 10.0. The van der Waals surface area contributed by atoms with Gasteiger partial charge in [-0.2, -0.15) is 0 Å². The van der Waals surface area contributed by atoms with Crippen LogP contribution < -0.4 is 5.73 Å². The SMILES string of the molecule is NC(=O)c1ccccc1CN(C(=O)c1cncs1)[C@@H]1CCc2c(F)cc(F)cc21. The van der Waals surface area contributed by atoms with Crippen LogP contribution in [-0.2, 0) is 13.0 Å². The number of benzene rings is 2. The molecule has 1 aliphatic rings. The Hall–Kier alpha value is -3.13. The molecule has 1 aliphatic carbocycles. The van der Waals surface area contributed by atoms with Crippen molar-refractivity contribution in [2.24, 2.45) is 5.73 Å². The standard InChI is InChI=1S/C21H17F2N3O2S/c22-13-7-16-15(17(23)8-13)5-6-18(16)26(21(28)19-9-25-11-29-19)10-12-3-1-2-4-14(12)20(24)27/h1-4,7-9,11,18H,5-6,10H2,(H2,24,27)/t18-/m1/s1. The molecule has 2 aromatic carbocycles. The maximum Gasteiger partial charge on any atom is 0.266 e. The maximum atomic E-state index is 14.2. The zero-order valence-corrected chi connectivity index (χ0v) is 16.1.